The van der Waals surface area contributed by atoms with Gasteiger partial charge in [0.15, 0.2) is 9.76 Å². The van der Waals surface area contributed by atoms with E-state index in [0.29, 0.717) is 5.92 Å². The first-order chi connectivity index (χ1) is 13.0. The average molecular weight is 436 g/mol. The van der Waals surface area contributed by atoms with Gasteiger partial charge >= 0.3 is 0 Å². The van der Waals surface area contributed by atoms with Gasteiger partial charge in [-0.2, -0.15) is 0 Å². The molecule has 0 spiro atoms. The Balaban J connectivity index is 0. The van der Waals surface area contributed by atoms with Gasteiger partial charge in [-0.05, 0) is 38.7 Å². The molecular formula is C24H54ClNOSi. The van der Waals surface area contributed by atoms with E-state index < -0.39 is 0 Å². The van der Waals surface area contributed by atoms with Gasteiger partial charge in [-0.15, -0.1) is 12.4 Å². The molecular weight excluding hydrogens is 382 g/mol. The second-order valence-corrected chi connectivity index (χ2v) is 11.1. The van der Waals surface area contributed by atoms with E-state index in [1.54, 1.807) is 0 Å². The molecule has 0 saturated carbocycles. The Bertz CT molecular complexity index is 297. The number of hydrogen-bond acceptors (Lipinski definition) is 2. The van der Waals surface area contributed by atoms with Crippen molar-refractivity contribution in [2.24, 2.45) is 11.7 Å². The Labute approximate surface area is 186 Å². The fourth-order valence-corrected chi connectivity index (χ4v) is 4.89. The fourth-order valence-electron chi connectivity index (χ4n) is 4.11. The van der Waals surface area contributed by atoms with E-state index in [-0.39, 0.29) is 27.7 Å². The minimum Gasteiger partial charge on any atom is -0.427 e. The Morgan fingerprint density at radius 1 is 0.714 bits per heavy atom. The van der Waals surface area contributed by atoms with E-state index in [9.17, 15) is 0 Å². The maximum Gasteiger partial charge on any atom is 0.161 e. The minimum atomic E-state index is -0.253. The molecule has 0 radical (unpaired) electrons. The first kappa shape index (κ1) is 30.6. The maximum absolute atomic E-state index is 6.43. The smallest absolute Gasteiger partial charge is 0.161 e. The molecule has 0 aliphatic carbocycles. The highest BCUT2D eigenvalue weighted by molar-refractivity contribution is 6.26. The van der Waals surface area contributed by atoms with Crippen LogP contribution in [0, 0.1) is 5.92 Å². The zero-order chi connectivity index (χ0) is 20.2. The predicted molar refractivity (Wildman–Crippen MR) is 134 cm³/mol. The molecule has 0 heterocycles. The molecule has 2 nitrogen and oxygen atoms in total. The summed E-state index contributed by atoms with van der Waals surface area (Å²) in [6, 6.07) is 1.31. The average Bonchev–Trinajstić information content (AvgIpc) is 2.62. The summed E-state index contributed by atoms with van der Waals surface area (Å²) in [6.07, 6.45) is 24.0. The van der Waals surface area contributed by atoms with Gasteiger partial charge in [-0.3, -0.25) is 0 Å². The highest BCUT2D eigenvalue weighted by atomic mass is 35.5. The Morgan fingerprint density at radius 3 is 1.50 bits per heavy atom. The van der Waals surface area contributed by atoms with Crippen LogP contribution in [0.1, 0.15) is 130 Å². The van der Waals surface area contributed by atoms with Crippen molar-refractivity contribution in [1.82, 2.24) is 0 Å². The molecule has 28 heavy (non-hydrogen) atoms. The number of rotatable bonds is 21. The Morgan fingerprint density at radius 2 is 1.11 bits per heavy atom. The lowest BCUT2D eigenvalue weighted by atomic mass is 9.81. The highest BCUT2D eigenvalue weighted by Crippen LogP contribution is 2.26. The van der Waals surface area contributed by atoms with Crippen LogP contribution in [0.3, 0.4) is 0 Å². The molecule has 0 bridgehead atoms. The van der Waals surface area contributed by atoms with Gasteiger partial charge in [0.05, 0.1) is 0 Å². The zero-order valence-electron chi connectivity index (χ0n) is 19.9. The first-order valence-corrected chi connectivity index (χ1v) is 13.9. The van der Waals surface area contributed by atoms with Gasteiger partial charge in [-0.25, -0.2) is 0 Å². The van der Waals surface area contributed by atoms with Crippen molar-refractivity contribution in [1.29, 1.82) is 0 Å². The van der Waals surface area contributed by atoms with Crippen molar-refractivity contribution in [3.63, 3.8) is 0 Å². The van der Waals surface area contributed by atoms with Crippen LogP contribution in [0.4, 0.5) is 0 Å². The number of hydrogen-bond donors (Lipinski definition) is 1. The Kier molecular flexibility index (Phi) is 24.2. The molecule has 0 rings (SSSR count). The van der Waals surface area contributed by atoms with Crippen LogP contribution in [0.5, 0.6) is 0 Å². The van der Waals surface area contributed by atoms with Gasteiger partial charge in [0.1, 0.15) is 0 Å². The SMILES string of the molecule is CCCCCCCCCCCCCCCCC(CCC[SiH2]OC)C(C)(C)N.Cl. The second kappa shape index (κ2) is 22.1. The third-order valence-electron chi connectivity index (χ3n) is 6.11. The standard InChI is InChI=1S/C24H53NOSi.ClH/c1-5-6-7-8-9-10-11-12-13-14-15-16-17-18-20-23(24(2,3)25)21-19-22-27-26-4;/h23H,5-22,25,27H2,1-4H3;1H. The van der Waals surface area contributed by atoms with Gasteiger partial charge in [0.25, 0.3) is 0 Å². The van der Waals surface area contributed by atoms with Crippen molar-refractivity contribution < 1.29 is 4.43 Å². The molecule has 1 unspecified atom stereocenters. The van der Waals surface area contributed by atoms with E-state index in [2.05, 4.69) is 20.8 Å². The monoisotopic (exact) mass is 435 g/mol. The van der Waals surface area contributed by atoms with E-state index >= 15 is 0 Å². The van der Waals surface area contributed by atoms with Crippen molar-refractivity contribution in [2.45, 2.75) is 142 Å². The molecule has 2 N–H and O–H groups in total. The molecule has 0 aliphatic rings. The summed E-state index contributed by atoms with van der Waals surface area (Å²) in [6.45, 7) is 6.73. The van der Waals surface area contributed by atoms with Crippen molar-refractivity contribution >= 4 is 22.2 Å². The summed E-state index contributed by atoms with van der Waals surface area (Å²) in [5, 5.41) is 0. The summed E-state index contributed by atoms with van der Waals surface area (Å²) < 4.78 is 5.30. The number of unbranched alkanes of at least 4 members (excludes halogenated alkanes) is 13. The molecule has 0 aliphatic heterocycles. The minimum absolute atomic E-state index is 0. The maximum atomic E-state index is 6.43. The van der Waals surface area contributed by atoms with Gasteiger partial charge in [0.2, 0.25) is 0 Å². The van der Waals surface area contributed by atoms with Gasteiger partial charge in [0, 0.05) is 12.6 Å². The molecule has 4 heteroatoms. The third kappa shape index (κ3) is 21.1. The van der Waals surface area contributed by atoms with E-state index in [4.69, 9.17) is 10.2 Å². The van der Waals surface area contributed by atoms with Gasteiger partial charge in [-0.1, -0.05) is 103 Å². The Hall–Kier alpha value is 0.427. The van der Waals surface area contributed by atoms with Gasteiger partial charge < -0.3 is 10.2 Å². The fraction of sp³-hybridized carbons (Fsp3) is 1.00. The van der Waals surface area contributed by atoms with E-state index in [1.807, 2.05) is 7.11 Å². The number of nitrogens with two attached hydrogens (primary N) is 1. The molecule has 0 saturated heterocycles. The van der Waals surface area contributed by atoms with E-state index in [0.717, 1.165) is 0 Å². The summed E-state index contributed by atoms with van der Waals surface area (Å²) in [5.74, 6) is 0.681. The van der Waals surface area contributed by atoms with Crippen LogP contribution < -0.4 is 5.73 Å². The normalized spacial score (nSPS) is 13.2. The zero-order valence-corrected chi connectivity index (χ0v) is 22.1. The summed E-state index contributed by atoms with van der Waals surface area (Å²) >= 11 is 0. The van der Waals surface area contributed by atoms with E-state index in [1.165, 1.54) is 115 Å². The summed E-state index contributed by atoms with van der Waals surface area (Å²) in [7, 11) is 1.60. The molecule has 0 amide bonds. The predicted octanol–water partition coefficient (Wildman–Crippen LogP) is 7.56. The van der Waals surface area contributed by atoms with Crippen LogP contribution >= 0.6 is 12.4 Å². The lowest BCUT2D eigenvalue weighted by molar-refractivity contribution is 0.272. The summed E-state index contributed by atoms with van der Waals surface area (Å²) in [4.78, 5) is 0. The van der Waals surface area contributed by atoms with Crippen molar-refractivity contribution in [3.05, 3.63) is 0 Å². The van der Waals surface area contributed by atoms with Crippen LogP contribution in [-0.2, 0) is 4.43 Å². The first-order valence-electron chi connectivity index (χ1n) is 12.3. The lowest BCUT2D eigenvalue weighted by Crippen LogP contribution is -2.40. The third-order valence-corrected chi connectivity index (χ3v) is 7.31. The topological polar surface area (TPSA) is 35.2 Å². The molecule has 0 aromatic heterocycles. The van der Waals surface area contributed by atoms with Crippen molar-refractivity contribution in [2.75, 3.05) is 7.11 Å². The molecule has 1 atom stereocenters. The molecule has 172 valence electrons. The van der Waals surface area contributed by atoms with Crippen molar-refractivity contribution in [3.8, 4) is 0 Å². The summed E-state index contributed by atoms with van der Waals surface area (Å²) in [5.41, 5.74) is 6.41. The van der Waals surface area contributed by atoms with Crippen LogP contribution in [-0.4, -0.2) is 22.4 Å². The largest absolute Gasteiger partial charge is 0.427 e. The molecule has 0 aromatic carbocycles. The molecule has 0 fully saturated rings. The second-order valence-electron chi connectivity index (χ2n) is 9.39. The molecule has 0 aromatic rings. The highest BCUT2D eigenvalue weighted by Gasteiger charge is 2.23. The van der Waals surface area contributed by atoms with Crippen LogP contribution in [0.2, 0.25) is 6.04 Å². The quantitative estimate of drug-likeness (QED) is 0.149. The van der Waals surface area contributed by atoms with Crippen LogP contribution in [0.25, 0.3) is 0 Å². The lowest BCUT2D eigenvalue weighted by Gasteiger charge is -2.31. The number of halogens is 1. The van der Waals surface area contributed by atoms with Crippen LogP contribution in [0.15, 0.2) is 0 Å².